The predicted octanol–water partition coefficient (Wildman–Crippen LogP) is 4.98. The van der Waals surface area contributed by atoms with Crippen molar-refractivity contribution in [3.05, 3.63) is 57.6 Å². The fourth-order valence-corrected chi connectivity index (χ4v) is 3.00. The lowest BCUT2D eigenvalue weighted by Gasteiger charge is -2.14. The third kappa shape index (κ3) is 5.69. The number of nitrogens with one attached hydrogen (secondary N) is 1. The lowest BCUT2D eigenvalue weighted by atomic mass is 10.1. The summed E-state index contributed by atoms with van der Waals surface area (Å²) in [5.41, 5.74) is 1.58. The third-order valence-electron chi connectivity index (χ3n) is 3.34. The SMILES string of the molecule is Cc1cc(Br)cc(CNc2c(F)ccc(OCC(=O)OC(C)C)c2F)c1. The molecule has 0 unspecified atom stereocenters. The van der Waals surface area contributed by atoms with Gasteiger partial charge in [0.2, 0.25) is 0 Å². The Hall–Kier alpha value is -2.15. The Balaban J connectivity index is 2.09. The van der Waals surface area contributed by atoms with Crippen molar-refractivity contribution < 1.29 is 23.0 Å². The molecule has 0 amide bonds. The van der Waals surface area contributed by atoms with E-state index >= 15 is 0 Å². The van der Waals surface area contributed by atoms with Crippen LogP contribution >= 0.6 is 15.9 Å². The van der Waals surface area contributed by atoms with Gasteiger partial charge in [-0.15, -0.1) is 0 Å². The number of aryl methyl sites for hydroxylation is 1. The van der Waals surface area contributed by atoms with E-state index in [1.165, 1.54) is 0 Å². The van der Waals surface area contributed by atoms with Crippen molar-refractivity contribution in [1.29, 1.82) is 0 Å². The molecule has 7 heteroatoms. The molecule has 1 N–H and O–H groups in total. The van der Waals surface area contributed by atoms with Crippen molar-refractivity contribution in [2.24, 2.45) is 0 Å². The van der Waals surface area contributed by atoms with Crippen LogP contribution in [-0.4, -0.2) is 18.7 Å². The van der Waals surface area contributed by atoms with Crippen LogP contribution in [0.15, 0.2) is 34.8 Å². The molecule has 0 fully saturated rings. The van der Waals surface area contributed by atoms with Gasteiger partial charge in [-0.2, -0.15) is 0 Å². The summed E-state index contributed by atoms with van der Waals surface area (Å²) < 4.78 is 39.4. The third-order valence-corrected chi connectivity index (χ3v) is 3.80. The van der Waals surface area contributed by atoms with Gasteiger partial charge in [-0.05, 0) is 56.2 Å². The minimum Gasteiger partial charge on any atom is -0.479 e. The zero-order valence-corrected chi connectivity index (χ0v) is 16.3. The van der Waals surface area contributed by atoms with Crippen molar-refractivity contribution in [2.75, 3.05) is 11.9 Å². The molecule has 0 aliphatic heterocycles. The molecule has 2 rings (SSSR count). The molecule has 2 aromatic carbocycles. The molecule has 4 nitrogen and oxygen atoms in total. The molecule has 0 radical (unpaired) electrons. The van der Waals surface area contributed by atoms with E-state index in [1.807, 2.05) is 25.1 Å². The maximum Gasteiger partial charge on any atom is 0.344 e. The molecule has 26 heavy (non-hydrogen) atoms. The van der Waals surface area contributed by atoms with Gasteiger partial charge in [0.05, 0.1) is 6.10 Å². The molecule has 0 atom stereocenters. The lowest BCUT2D eigenvalue weighted by Crippen LogP contribution is -2.19. The molecule has 0 heterocycles. The molecular weight excluding hydrogens is 408 g/mol. The van der Waals surface area contributed by atoms with Crippen LogP contribution in [-0.2, 0) is 16.1 Å². The highest BCUT2D eigenvalue weighted by Crippen LogP contribution is 2.28. The van der Waals surface area contributed by atoms with Crippen LogP contribution in [0.25, 0.3) is 0 Å². The number of benzene rings is 2. The van der Waals surface area contributed by atoms with Crippen LogP contribution < -0.4 is 10.1 Å². The van der Waals surface area contributed by atoms with E-state index in [0.29, 0.717) is 0 Å². The van der Waals surface area contributed by atoms with Crippen LogP contribution in [0.5, 0.6) is 5.75 Å². The Labute approximate surface area is 159 Å². The molecule has 0 aliphatic rings. The van der Waals surface area contributed by atoms with E-state index in [4.69, 9.17) is 9.47 Å². The Morgan fingerprint density at radius 3 is 2.62 bits per heavy atom. The number of ether oxygens (including phenoxy) is 2. The van der Waals surface area contributed by atoms with Gasteiger partial charge >= 0.3 is 5.97 Å². The number of hydrogen-bond donors (Lipinski definition) is 1. The van der Waals surface area contributed by atoms with Crippen molar-refractivity contribution in [3.63, 3.8) is 0 Å². The molecule has 0 saturated carbocycles. The predicted molar refractivity (Wildman–Crippen MR) is 99.3 cm³/mol. The van der Waals surface area contributed by atoms with E-state index in [2.05, 4.69) is 21.2 Å². The molecule has 0 aromatic heterocycles. The fourth-order valence-electron chi connectivity index (χ4n) is 2.35. The van der Waals surface area contributed by atoms with Crippen LogP contribution in [0, 0.1) is 18.6 Å². The standard InChI is InChI=1S/C19H20BrF2NO3/c1-11(2)26-17(24)10-25-16-5-4-15(21)19(18(16)22)23-9-13-6-12(3)7-14(20)8-13/h4-8,11,23H,9-10H2,1-3H3. The fraction of sp³-hybridized carbons (Fsp3) is 0.316. The van der Waals surface area contributed by atoms with Gasteiger partial charge in [-0.3, -0.25) is 0 Å². The summed E-state index contributed by atoms with van der Waals surface area (Å²) in [4.78, 5) is 11.5. The van der Waals surface area contributed by atoms with E-state index < -0.39 is 24.2 Å². The number of hydrogen-bond acceptors (Lipinski definition) is 4. The van der Waals surface area contributed by atoms with Gasteiger partial charge < -0.3 is 14.8 Å². The van der Waals surface area contributed by atoms with Crippen LogP contribution in [0.3, 0.4) is 0 Å². The minimum atomic E-state index is -0.894. The lowest BCUT2D eigenvalue weighted by molar-refractivity contribution is -0.149. The van der Waals surface area contributed by atoms with Gasteiger partial charge in [0.15, 0.2) is 18.2 Å². The normalized spacial score (nSPS) is 10.7. The summed E-state index contributed by atoms with van der Waals surface area (Å²) in [6.45, 7) is 5.10. The summed E-state index contributed by atoms with van der Waals surface area (Å²) in [6, 6.07) is 7.94. The van der Waals surface area contributed by atoms with Crippen LogP contribution in [0.4, 0.5) is 14.5 Å². The highest BCUT2D eigenvalue weighted by molar-refractivity contribution is 9.10. The smallest absolute Gasteiger partial charge is 0.344 e. The van der Waals surface area contributed by atoms with Crippen LogP contribution in [0.2, 0.25) is 0 Å². The van der Waals surface area contributed by atoms with Crippen molar-refractivity contribution in [2.45, 2.75) is 33.4 Å². The van der Waals surface area contributed by atoms with Crippen molar-refractivity contribution in [1.82, 2.24) is 0 Å². The first-order valence-electron chi connectivity index (χ1n) is 8.06. The quantitative estimate of drug-likeness (QED) is 0.633. The summed E-state index contributed by atoms with van der Waals surface area (Å²) in [5, 5.41) is 2.75. The molecule has 0 bridgehead atoms. The van der Waals surface area contributed by atoms with Gasteiger partial charge in [0.25, 0.3) is 0 Å². The molecule has 0 aliphatic carbocycles. The topological polar surface area (TPSA) is 47.6 Å². The van der Waals surface area contributed by atoms with E-state index in [9.17, 15) is 13.6 Å². The van der Waals surface area contributed by atoms with Gasteiger partial charge in [0, 0.05) is 11.0 Å². The second-order valence-electron chi connectivity index (χ2n) is 6.05. The average molecular weight is 428 g/mol. The second-order valence-corrected chi connectivity index (χ2v) is 6.97. The summed E-state index contributed by atoms with van der Waals surface area (Å²) in [7, 11) is 0. The van der Waals surface area contributed by atoms with E-state index in [1.54, 1.807) is 13.8 Å². The molecule has 0 spiro atoms. The van der Waals surface area contributed by atoms with Gasteiger partial charge in [0.1, 0.15) is 11.5 Å². The van der Waals surface area contributed by atoms with E-state index in [0.717, 1.165) is 27.7 Å². The Morgan fingerprint density at radius 1 is 1.23 bits per heavy atom. The molecular formula is C19H20BrF2NO3. The minimum absolute atomic E-state index is 0.222. The maximum absolute atomic E-state index is 14.5. The monoisotopic (exact) mass is 427 g/mol. The first-order valence-corrected chi connectivity index (χ1v) is 8.85. The Morgan fingerprint density at radius 2 is 1.96 bits per heavy atom. The van der Waals surface area contributed by atoms with Gasteiger partial charge in [-0.1, -0.05) is 22.0 Å². The summed E-state index contributed by atoms with van der Waals surface area (Å²) in [5.74, 6) is -2.48. The number of esters is 1. The molecule has 0 saturated heterocycles. The zero-order chi connectivity index (χ0) is 19.3. The number of rotatable bonds is 7. The number of anilines is 1. The highest BCUT2D eigenvalue weighted by atomic mass is 79.9. The number of halogens is 3. The zero-order valence-electron chi connectivity index (χ0n) is 14.7. The first kappa shape index (κ1) is 20.2. The molecule has 2 aromatic rings. The highest BCUT2D eigenvalue weighted by Gasteiger charge is 2.16. The summed E-state index contributed by atoms with van der Waals surface area (Å²) in [6.07, 6.45) is -0.296. The van der Waals surface area contributed by atoms with Crippen molar-refractivity contribution >= 4 is 27.6 Å². The maximum atomic E-state index is 14.5. The first-order chi connectivity index (χ1) is 12.3. The molecule has 140 valence electrons. The summed E-state index contributed by atoms with van der Waals surface area (Å²) >= 11 is 3.39. The second kappa shape index (κ2) is 8.98. The Kier molecular flexibility index (Phi) is 6.97. The average Bonchev–Trinajstić information content (AvgIpc) is 2.52. The van der Waals surface area contributed by atoms with Gasteiger partial charge in [-0.25, -0.2) is 13.6 Å². The Bertz CT molecular complexity index is 776. The number of carbonyl (C=O) groups excluding carboxylic acids is 1. The van der Waals surface area contributed by atoms with Crippen molar-refractivity contribution in [3.8, 4) is 5.75 Å². The number of carbonyl (C=O) groups is 1. The van der Waals surface area contributed by atoms with Crippen LogP contribution in [0.1, 0.15) is 25.0 Å². The van der Waals surface area contributed by atoms with E-state index in [-0.39, 0.29) is 24.1 Å². The largest absolute Gasteiger partial charge is 0.479 e.